The second-order valence-electron chi connectivity index (χ2n) is 8.98. The first-order chi connectivity index (χ1) is 14.2. The lowest BCUT2D eigenvalue weighted by molar-refractivity contribution is 1.19. The fourth-order valence-electron chi connectivity index (χ4n) is 6.07. The van der Waals surface area contributed by atoms with Gasteiger partial charge in [0.25, 0.3) is 0 Å². The van der Waals surface area contributed by atoms with Gasteiger partial charge in [0.05, 0.1) is 5.52 Å². The Morgan fingerprint density at radius 3 is 2.28 bits per heavy atom. The molecule has 136 valence electrons. The average Bonchev–Trinajstić information content (AvgIpc) is 3.09. The van der Waals surface area contributed by atoms with Crippen molar-refractivity contribution in [3.05, 3.63) is 84.9 Å². The molecule has 4 aromatic carbocycles. The van der Waals surface area contributed by atoms with Crippen molar-refractivity contribution in [1.82, 2.24) is 4.57 Å². The lowest BCUT2D eigenvalue weighted by Gasteiger charge is -2.40. The van der Waals surface area contributed by atoms with E-state index in [1.807, 2.05) is 0 Å². The molecule has 0 atom stereocenters. The molecule has 0 saturated heterocycles. The van der Waals surface area contributed by atoms with Crippen molar-refractivity contribution >= 4 is 63.4 Å². The van der Waals surface area contributed by atoms with Crippen LogP contribution in [-0.2, 0) is 0 Å². The number of rotatable bonds is 0. The fourth-order valence-corrected chi connectivity index (χ4v) is 9.28. The summed E-state index contributed by atoms with van der Waals surface area (Å²) < 4.78 is 2.54. The predicted octanol–water partition coefficient (Wildman–Crippen LogP) is 2.75. The van der Waals surface area contributed by atoms with Crippen molar-refractivity contribution in [2.75, 3.05) is 0 Å². The summed E-state index contributed by atoms with van der Waals surface area (Å²) in [5.41, 5.74) is 8.61. The van der Waals surface area contributed by atoms with Crippen molar-refractivity contribution in [1.29, 1.82) is 0 Å². The van der Waals surface area contributed by atoms with Crippen molar-refractivity contribution in [2.24, 2.45) is 0 Å². The number of nitrogens with zero attached hydrogens (tertiary/aromatic N) is 1. The Kier molecular flexibility index (Phi) is 2.79. The van der Waals surface area contributed by atoms with E-state index < -0.39 is 8.07 Å². The first-order valence-corrected chi connectivity index (χ1v) is 13.4. The third-order valence-corrected chi connectivity index (χ3v) is 10.9. The van der Waals surface area contributed by atoms with Gasteiger partial charge in [0.1, 0.15) is 8.07 Å². The van der Waals surface area contributed by atoms with Gasteiger partial charge in [-0.15, -0.1) is 0 Å². The molecule has 0 aliphatic carbocycles. The van der Waals surface area contributed by atoms with Crippen LogP contribution in [0.2, 0.25) is 13.1 Å². The molecule has 0 bridgehead atoms. The first kappa shape index (κ1) is 15.8. The minimum absolute atomic E-state index is 0.332. The van der Waals surface area contributed by atoms with Crippen molar-refractivity contribution in [2.45, 2.75) is 13.1 Å². The molecule has 0 unspecified atom stereocenters. The molecule has 0 amide bonds. The van der Waals surface area contributed by atoms with Gasteiger partial charge in [0, 0.05) is 22.0 Å². The molecule has 5 aromatic rings. The lowest BCUT2D eigenvalue weighted by Crippen LogP contribution is -2.77. The van der Waals surface area contributed by atoms with E-state index in [-0.39, 0.29) is 0 Å². The summed E-state index contributed by atoms with van der Waals surface area (Å²) in [6.45, 7) is 5.36. The van der Waals surface area contributed by atoms with Crippen LogP contribution >= 0.6 is 0 Å². The summed E-state index contributed by atoms with van der Waals surface area (Å²) in [6, 6.07) is 32.0. The predicted molar refractivity (Wildman–Crippen MR) is 129 cm³/mol. The normalized spacial score (nSPS) is 15.4. The smallest absolute Gasteiger partial charge is 0.246 e. The molecule has 7 rings (SSSR count). The number of benzene rings is 4. The van der Waals surface area contributed by atoms with Crippen LogP contribution in [0.4, 0.5) is 0 Å². The molecule has 3 heterocycles. The van der Waals surface area contributed by atoms with E-state index in [0.29, 0.717) is 6.71 Å². The van der Waals surface area contributed by atoms with E-state index >= 15 is 0 Å². The second-order valence-corrected chi connectivity index (χ2v) is 13.3. The number of hydrogen-bond acceptors (Lipinski definition) is 0. The second kappa shape index (κ2) is 5.11. The van der Waals surface area contributed by atoms with Gasteiger partial charge in [0.2, 0.25) is 6.71 Å². The van der Waals surface area contributed by atoms with E-state index in [4.69, 9.17) is 0 Å². The van der Waals surface area contributed by atoms with Crippen LogP contribution in [0.3, 0.4) is 0 Å². The van der Waals surface area contributed by atoms with Crippen molar-refractivity contribution in [3.8, 4) is 5.69 Å². The molecule has 1 aromatic heterocycles. The minimum Gasteiger partial charge on any atom is -0.310 e. The van der Waals surface area contributed by atoms with Gasteiger partial charge in [-0.05, 0) is 23.1 Å². The van der Waals surface area contributed by atoms with E-state index in [1.54, 1.807) is 15.8 Å². The maximum absolute atomic E-state index is 2.54. The average molecular weight is 385 g/mol. The van der Waals surface area contributed by atoms with Gasteiger partial charge in [-0.25, -0.2) is 0 Å². The minimum atomic E-state index is -1.75. The Balaban J connectivity index is 1.77. The zero-order valence-electron chi connectivity index (χ0n) is 16.6. The molecule has 3 heteroatoms. The fraction of sp³-hybridized carbons (Fsp3) is 0.0769. The molecule has 0 N–H and O–H groups in total. The largest absolute Gasteiger partial charge is 0.310 e. The third kappa shape index (κ3) is 1.74. The summed E-state index contributed by atoms with van der Waals surface area (Å²) in [5, 5.41) is 5.91. The Morgan fingerprint density at radius 1 is 0.655 bits per heavy atom. The van der Waals surface area contributed by atoms with E-state index in [9.17, 15) is 0 Å². The summed E-state index contributed by atoms with van der Waals surface area (Å²) in [7, 11) is -1.75. The highest BCUT2D eigenvalue weighted by Crippen LogP contribution is 2.33. The maximum Gasteiger partial charge on any atom is 0.246 e. The van der Waals surface area contributed by atoms with Gasteiger partial charge >= 0.3 is 0 Å². The van der Waals surface area contributed by atoms with E-state index in [1.165, 1.54) is 38.4 Å². The van der Waals surface area contributed by atoms with Gasteiger partial charge in [-0.2, -0.15) is 0 Å². The highest BCUT2D eigenvalue weighted by molar-refractivity contribution is 7.14. The Morgan fingerprint density at radius 2 is 1.34 bits per heavy atom. The molecular weight excluding hydrogens is 365 g/mol. The first-order valence-electron chi connectivity index (χ1n) is 10.4. The third-order valence-electron chi connectivity index (χ3n) is 7.27. The van der Waals surface area contributed by atoms with Crippen molar-refractivity contribution < 1.29 is 0 Å². The van der Waals surface area contributed by atoms with Gasteiger partial charge < -0.3 is 4.57 Å². The van der Waals surface area contributed by atoms with Crippen LogP contribution in [0, 0.1) is 0 Å². The standard InChI is InChI=1S/C26H20BNSi/c1-29(2)23-15-6-4-11-19(23)27-20-12-7-10-18-17-9-3-5-13-21(17)28(26(18)20)22-14-8-16-24(29)25(22)27/h3-16H,1-2H3. The monoisotopic (exact) mass is 385 g/mol. The van der Waals surface area contributed by atoms with Crippen LogP contribution in [0.15, 0.2) is 84.9 Å². The van der Waals surface area contributed by atoms with Gasteiger partial charge in [-0.1, -0.05) is 102 Å². The van der Waals surface area contributed by atoms with Crippen LogP contribution in [0.25, 0.3) is 27.5 Å². The summed E-state index contributed by atoms with van der Waals surface area (Å²) in [6.07, 6.45) is 0. The van der Waals surface area contributed by atoms with E-state index in [0.717, 1.165) is 0 Å². The highest BCUT2D eigenvalue weighted by Gasteiger charge is 2.45. The van der Waals surface area contributed by atoms with Crippen LogP contribution in [0.5, 0.6) is 0 Å². The lowest BCUT2D eigenvalue weighted by atomic mass is 9.35. The SMILES string of the molecule is C[Si]1(C)c2ccccc2B2c3c(cccc31)-n1c3ccccc3c3cccc2c31. The molecule has 2 aliphatic heterocycles. The Bertz CT molecular complexity index is 1490. The molecule has 0 spiro atoms. The van der Waals surface area contributed by atoms with Gasteiger partial charge in [-0.3, -0.25) is 0 Å². The number of para-hydroxylation sites is 2. The Hall–Kier alpha value is -3.04. The van der Waals surface area contributed by atoms with Gasteiger partial charge in [0.15, 0.2) is 0 Å². The zero-order chi connectivity index (χ0) is 19.3. The van der Waals surface area contributed by atoms with Crippen LogP contribution in [-0.4, -0.2) is 19.4 Å². The molecule has 0 fully saturated rings. The summed E-state index contributed by atoms with van der Waals surface area (Å²) in [4.78, 5) is 0. The summed E-state index contributed by atoms with van der Waals surface area (Å²) >= 11 is 0. The van der Waals surface area contributed by atoms with Crippen LogP contribution in [0.1, 0.15) is 0 Å². The van der Waals surface area contributed by atoms with E-state index in [2.05, 4.69) is 103 Å². The molecule has 0 saturated carbocycles. The Labute approximate surface area is 171 Å². The van der Waals surface area contributed by atoms with Crippen LogP contribution < -0.4 is 26.8 Å². The number of hydrogen-bond donors (Lipinski definition) is 0. The topological polar surface area (TPSA) is 4.93 Å². The number of fused-ring (bicyclic) bond motifs is 7. The quantitative estimate of drug-likeness (QED) is 0.355. The molecular formula is C26H20BNSi. The molecule has 2 aliphatic rings. The molecule has 29 heavy (non-hydrogen) atoms. The molecule has 0 radical (unpaired) electrons. The van der Waals surface area contributed by atoms with Crippen molar-refractivity contribution in [3.63, 3.8) is 0 Å². The molecule has 1 nitrogen and oxygen atoms in total. The highest BCUT2D eigenvalue weighted by atomic mass is 28.3. The maximum atomic E-state index is 2.54. The zero-order valence-corrected chi connectivity index (χ0v) is 17.6. The number of aromatic nitrogens is 1. The summed E-state index contributed by atoms with van der Waals surface area (Å²) in [5.74, 6) is 0.